The van der Waals surface area contributed by atoms with Gasteiger partial charge in [-0.25, -0.2) is 4.39 Å². The lowest BCUT2D eigenvalue weighted by Crippen LogP contribution is -2.34. The lowest BCUT2D eigenvalue weighted by molar-refractivity contribution is -0.129. The molecule has 0 saturated heterocycles. The minimum Gasteiger partial charge on any atom is -0.383 e. The number of rotatable bonds is 7. The first-order valence-electron chi connectivity index (χ1n) is 6.76. The molecule has 0 saturated carbocycles. The van der Waals surface area contributed by atoms with E-state index >= 15 is 0 Å². The highest BCUT2D eigenvalue weighted by molar-refractivity contribution is 7.98. The summed E-state index contributed by atoms with van der Waals surface area (Å²) in [6.45, 7) is 0.142. The maximum Gasteiger partial charge on any atom is 0.249 e. The van der Waals surface area contributed by atoms with Gasteiger partial charge < -0.3 is 14.9 Å². The predicted molar refractivity (Wildman–Crippen MR) is 82.7 cm³/mol. The molecule has 22 heavy (non-hydrogen) atoms. The first kappa shape index (κ1) is 16.5. The Morgan fingerprint density at radius 3 is 2.86 bits per heavy atom. The van der Waals surface area contributed by atoms with Gasteiger partial charge in [0.1, 0.15) is 17.6 Å². The molecule has 5 nitrogen and oxygen atoms in total. The standard InChI is InChI=1S/C15H17FN2O3S/c1-22-7-6-14(19)15(20)17-9-12-8-13(18-21-12)10-2-4-11(16)5-3-10/h2-5,8,14,19H,6-7,9H2,1H3,(H,17,20)/t14-/m1/s1. The van der Waals surface area contributed by atoms with Crippen molar-refractivity contribution in [1.29, 1.82) is 0 Å². The lowest BCUT2D eigenvalue weighted by Gasteiger charge is -2.09. The Bertz CT molecular complexity index is 616. The molecule has 1 amide bonds. The van der Waals surface area contributed by atoms with E-state index in [4.69, 9.17) is 4.52 Å². The highest BCUT2D eigenvalue weighted by Gasteiger charge is 2.15. The number of nitrogens with zero attached hydrogens (tertiary/aromatic N) is 1. The summed E-state index contributed by atoms with van der Waals surface area (Å²) in [6, 6.07) is 7.55. The Morgan fingerprint density at radius 1 is 1.45 bits per heavy atom. The zero-order chi connectivity index (χ0) is 15.9. The van der Waals surface area contributed by atoms with Gasteiger partial charge in [0.05, 0.1) is 6.54 Å². The van der Waals surface area contributed by atoms with E-state index in [1.165, 1.54) is 12.1 Å². The van der Waals surface area contributed by atoms with Gasteiger partial charge in [0.2, 0.25) is 5.91 Å². The van der Waals surface area contributed by atoms with Crippen LogP contribution in [0.5, 0.6) is 0 Å². The minimum atomic E-state index is -1.02. The van der Waals surface area contributed by atoms with Gasteiger partial charge in [-0.1, -0.05) is 5.16 Å². The first-order chi connectivity index (χ1) is 10.6. The van der Waals surface area contributed by atoms with Crippen LogP contribution in [0, 0.1) is 5.82 Å². The van der Waals surface area contributed by atoms with Crippen LogP contribution in [0.4, 0.5) is 4.39 Å². The molecule has 0 fully saturated rings. The average molecular weight is 324 g/mol. The number of amides is 1. The Hall–Kier alpha value is -1.86. The highest BCUT2D eigenvalue weighted by Crippen LogP contribution is 2.19. The maximum atomic E-state index is 12.9. The second-order valence-electron chi connectivity index (χ2n) is 4.70. The molecule has 1 aromatic carbocycles. The van der Waals surface area contributed by atoms with Crippen molar-refractivity contribution in [3.05, 3.63) is 41.9 Å². The number of aliphatic hydroxyl groups is 1. The van der Waals surface area contributed by atoms with Crippen molar-refractivity contribution in [1.82, 2.24) is 10.5 Å². The normalized spacial score (nSPS) is 12.1. The first-order valence-corrected chi connectivity index (χ1v) is 8.16. The number of aliphatic hydroxyl groups excluding tert-OH is 1. The molecule has 7 heteroatoms. The fraction of sp³-hybridized carbons (Fsp3) is 0.333. The quantitative estimate of drug-likeness (QED) is 0.817. The largest absolute Gasteiger partial charge is 0.383 e. The summed E-state index contributed by atoms with van der Waals surface area (Å²) >= 11 is 1.57. The van der Waals surface area contributed by atoms with Gasteiger partial charge in [0.25, 0.3) is 0 Å². The van der Waals surface area contributed by atoms with Crippen LogP contribution >= 0.6 is 11.8 Å². The van der Waals surface area contributed by atoms with Crippen LogP contribution in [-0.4, -0.2) is 34.3 Å². The van der Waals surface area contributed by atoms with E-state index in [-0.39, 0.29) is 12.4 Å². The molecule has 1 atom stereocenters. The van der Waals surface area contributed by atoms with Gasteiger partial charge in [-0.2, -0.15) is 11.8 Å². The van der Waals surface area contributed by atoms with E-state index in [2.05, 4.69) is 10.5 Å². The van der Waals surface area contributed by atoms with Crippen LogP contribution in [0.1, 0.15) is 12.2 Å². The molecule has 2 N–H and O–H groups in total. The van der Waals surface area contributed by atoms with Crippen LogP contribution < -0.4 is 5.32 Å². The monoisotopic (exact) mass is 324 g/mol. The van der Waals surface area contributed by atoms with E-state index in [0.29, 0.717) is 23.6 Å². The summed E-state index contributed by atoms with van der Waals surface area (Å²) in [5, 5.41) is 16.1. The number of halogens is 1. The topological polar surface area (TPSA) is 75.4 Å². The van der Waals surface area contributed by atoms with Gasteiger partial charge >= 0.3 is 0 Å². The number of aromatic nitrogens is 1. The molecule has 0 aliphatic carbocycles. The van der Waals surface area contributed by atoms with Gasteiger partial charge in [0, 0.05) is 11.6 Å². The van der Waals surface area contributed by atoms with Gasteiger partial charge in [-0.3, -0.25) is 4.79 Å². The SMILES string of the molecule is CSCC[C@@H](O)C(=O)NCc1cc(-c2ccc(F)cc2)no1. The number of benzene rings is 1. The number of carbonyl (C=O) groups is 1. The number of hydrogen-bond donors (Lipinski definition) is 2. The molecule has 1 heterocycles. The third-order valence-corrected chi connectivity index (χ3v) is 3.68. The Morgan fingerprint density at radius 2 is 2.18 bits per heavy atom. The van der Waals surface area contributed by atoms with E-state index < -0.39 is 12.0 Å². The summed E-state index contributed by atoms with van der Waals surface area (Å²) < 4.78 is 18.0. The fourth-order valence-corrected chi connectivity index (χ4v) is 2.26. The minimum absolute atomic E-state index is 0.142. The van der Waals surface area contributed by atoms with Crippen molar-refractivity contribution in [3.63, 3.8) is 0 Å². The van der Waals surface area contributed by atoms with E-state index in [1.807, 2.05) is 6.26 Å². The third-order valence-electron chi connectivity index (χ3n) is 3.03. The maximum absolute atomic E-state index is 12.9. The number of hydrogen-bond acceptors (Lipinski definition) is 5. The Balaban J connectivity index is 1.89. The second-order valence-corrected chi connectivity index (χ2v) is 5.69. The van der Waals surface area contributed by atoms with Crippen molar-refractivity contribution in [3.8, 4) is 11.3 Å². The van der Waals surface area contributed by atoms with Crippen molar-refractivity contribution < 1.29 is 18.8 Å². The summed E-state index contributed by atoms with van der Waals surface area (Å²) in [7, 11) is 0. The van der Waals surface area contributed by atoms with Crippen LogP contribution in [-0.2, 0) is 11.3 Å². The van der Waals surface area contributed by atoms with Gasteiger partial charge in [-0.15, -0.1) is 0 Å². The fourth-order valence-electron chi connectivity index (χ4n) is 1.81. The molecular weight excluding hydrogens is 307 g/mol. The number of carbonyl (C=O) groups excluding carboxylic acids is 1. The van der Waals surface area contributed by atoms with Gasteiger partial charge in [0.15, 0.2) is 5.76 Å². The molecule has 118 valence electrons. The van der Waals surface area contributed by atoms with E-state index in [0.717, 1.165) is 5.56 Å². The lowest BCUT2D eigenvalue weighted by atomic mass is 10.1. The van der Waals surface area contributed by atoms with Crippen molar-refractivity contribution in [2.45, 2.75) is 19.1 Å². The van der Waals surface area contributed by atoms with E-state index in [1.54, 1.807) is 30.0 Å². The third kappa shape index (κ3) is 4.57. The van der Waals surface area contributed by atoms with Crippen LogP contribution in [0.15, 0.2) is 34.9 Å². The molecule has 0 unspecified atom stereocenters. The van der Waals surface area contributed by atoms with Crippen molar-refractivity contribution in [2.75, 3.05) is 12.0 Å². The molecule has 0 radical (unpaired) electrons. The van der Waals surface area contributed by atoms with Crippen LogP contribution in [0.2, 0.25) is 0 Å². The molecule has 1 aromatic heterocycles. The Kier molecular flexibility index (Phi) is 5.97. The van der Waals surface area contributed by atoms with E-state index in [9.17, 15) is 14.3 Å². The molecule has 0 aliphatic rings. The second kappa shape index (κ2) is 7.95. The summed E-state index contributed by atoms with van der Waals surface area (Å²) in [4.78, 5) is 11.7. The summed E-state index contributed by atoms with van der Waals surface area (Å²) in [5.74, 6) is 0.420. The van der Waals surface area contributed by atoms with Crippen LogP contribution in [0.3, 0.4) is 0 Å². The molecule has 0 spiro atoms. The zero-order valence-electron chi connectivity index (χ0n) is 12.1. The highest BCUT2D eigenvalue weighted by atomic mass is 32.2. The predicted octanol–water partition coefficient (Wildman–Crippen LogP) is 2.21. The molecule has 2 aromatic rings. The summed E-state index contributed by atoms with van der Waals surface area (Å²) in [5.41, 5.74) is 1.29. The summed E-state index contributed by atoms with van der Waals surface area (Å²) in [6.07, 6.45) is 1.30. The molecule has 0 aliphatic heterocycles. The van der Waals surface area contributed by atoms with Crippen molar-refractivity contribution in [2.24, 2.45) is 0 Å². The average Bonchev–Trinajstić information content (AvgIpc) is 2.99. The Labute approximate surface area is 131 Å². The van der Waals surface area contributed by atoms with Gasteiger partial charge in [-0.05, 0) is 42.7 Å². The van der Waals surface area contributed by atoms with Crippen LogP contribution in [0.25, 0.3) is 11.3 Å². The molecular formula is C15H17FN2O3S. The smallest absolute Gasteiger partial charge is 0.249 e. The zero-order valence-corrected chi connectivity index (χ0v) is 12.9. The molecule has 0 bridgehead atoms. The van der Waals surface area contributed by atoms with Crippen molar-refractivity contribution >= 4 is 17.7 Å². The molecule has 2 rings (SSSR count). The number of thioether (sulfide) groups is 1. The number of nitrogens with one attached hydrogen (secondary N) is 1.